The molecule has 0 radical (unpaired) electrons. The molecule has 1 heterocycles. The normalized spacial score (nSPS) is 10.0. The molecule has 0 saturated carbocycles. The molecule has 6 nitrogen and oxygen atoms in total. The highest BCUT2D eigenvalue weighted by atomic mass is 16.1. The van der Waals surface area contributed by atoms with Gasteiger partial charge in [-0.2, -0.15) is 0 Å². The molecule has 0 bridgehead atoms. The van der Waals surface area contributed by atoms with E-state index in [9.17, 15) is 4.79 Å². The van der Waals surface area contributed by atoms with Crippen molar-refractivity contribution < 1.29 is 0 Å². The van der Waals surface area contributed by atoms with Crippen molar-refractivity contribution in [2.45, 2.75) is 0 Å². The Labute approximate surface area is 63.4 Å². The van der Waals surface area contributed by atoms with Gasteiger partial charge in [0.2, 0.25) is 5.95 Å². The van der Waals surface area contributed by atoms with Crippen LogP contribution < -0.4 is 16.3 Å². The minimum atomic E-state index is -0.302. The molecule has 0 aliphatic carbocycles. The lowest BCUT2D eigenvalue weighted by molar-refractivity contribution is 0.849. The quantitative estimate of drug-likeness (QED) is 0.497. The minimum absolute atomic E-state index is 0.302. The summed E-state index contributed by atoms with van der Waals surface area (Å²) >= 11 is 0. The second-order valence-corrected chi connectivity index (χ2v) is 2.21. The first-order valence-electron chi connectivity index (χ1n) is 3.30. The largest absolute Gasteiger partial charge is 0.343 e. The Morgan fingerprint density at radius 2 is 2.45 bits per heavy atom. The Hall–Kier alpha value is -1.30. The van der Waals surface area contributed by atoms with Crippen LogP contribution in [-0.2, 0) is 0 Å². The lowest BCUT2D eigenvalue weighted by Crippen LogP contribution is -2.26. The molecule has 0 fully saturated rings. The van der Waals surface area contributed by atoms with E-state index in [-0.39, 0.29) is 5.69 Å². The standard InChI is InChI=1S/C5H11N5O/c1-10(3-2-6)4-7-5(11)9-8-4/h2-3,6H2,1H3,(H2,7,8,9,11). The Balaban J connectivity index is 2.68. The lowest BCUT2D eigenvalue weighted by atomic mass is 10.6. The molecule has 62 valence electrons. The predicted octanol–water partition coefficient (Wildman–Crippen LogP) is -1.51. The number of hydrogen-bond donors (Lipinski definition) is 3. The number of rotatable bonds is 3. The summed E-state index contributed by atoms with van der Waals surface area (Å²) < 4.78 is 0. The molecular formula is C5H11N5O. The number of anilines is 1. The maximum atomic E-state index is 10.6. The van der Waals surface area contributed by atoms with Crippen LogP contribution in [0.15, 0.2) is 4.79 Å². The molecule has 0 amide bonds. The fourth-order valence-corrected chi connectivity index (χ4v) is 0.742. The average molecular weight is 157 g/mol. The van der Waals surface area contributed by atoms with Crippen LogP contribution in [0.4, 0.5) is 5.95 Å². The first-order chi connectivity index (χ1) is 5.24. The molecule has 4 N–H and O–H groups in total. The van der Waals surface area contributed by atoms with E-state index in [4.69, 9.17) is 5.73 Å². The van der Waals surface area contributed by atoms with Gasteiger partial charge in [0, 0.05) is 20.1 Å². The summed E-state index contributed by atoms with van der Waals surface area (Å²) in [5.74, 6) is 0.514. The van der Waals surface area contributed by atoms with E-state index >= 15 is 0 Å². The first-order valence-corrected chi connectivity index (χ1v) is 3.30. The zero-order valence-electron chi connectivity index (χ0n) is 6.29. The highest BCUT2D eigenvalue weighted by molar-refractivity contribution is 5.24. The Morgan fingerprint density at radius 1 is 1.73 bits per heavy atom. The summed E-state index contributed by atoms with van der Waals surface area (Å²) in [6, 6.07) is 0. The summed E-state index contributed by atoms with van der Waals surface area (Å²) in [5.41, 5.74) is 5.00. The Morgan fingerprint density at radius 3 is 2.91 bits per heavy atom. The van der Waals surface area contributed by atoms with Crippen molar-refractivity contribution in [2.75, 3.05) is 25.0 Å². The van der Waals surface area contributed by atoms with Crippen LogP contribution in [0.3, 0.4) is 0 Å². The number of aromatic amines is 2. The highest BCUT2D eigenvalue weighted by Gasteiger charge is 2.01. The molecule has 6 heteroatoms. The van der Waals surface area contributed by atoms with Gasteiger partial charge in [0.25, 0.3) is 0 Å². The van der Waals surface area contributed by atoms with Crippen LogP contribution in [0.5, 0.6) is 0 Å². The zero-order valence-corrected chi connectivity index (χ0v) is 6.29. The van der Waals surface area contributed by atoms with Gasteiger partial charge >= 0.3 is 5.69 Å². The number of H-pyrrole nitrogens is 2. The lowest BCUT2D eigenvalue weighted by Gasteiger charge is -2.12. The van der Waals surface area contributed by atoms with Gasteiger partial charge in [-0.3, -0.25) is 4.98 Å². The molecule has 1 rings (SSSR count). The number of nitrogens with zero attached hydrogens (tertiary/aromatic N) is 2. The van der Waals surface area contributed by atoms with Crippen molar-refractivity contribution in [3.63, 3.8) is 0 Å². The molecule has 0 aliphatic heterocycles. The molecule has 11 heavy (non-hydrogen) atoms. The third-order valence-electron chi connectivity index (χ3n) is 1.31. The van der Waals surface area contributed by atoms with Gasteiger partial charge in [-0.25, -0.2) is 9.89 Å². The fourth-order valence-electron chi connectivity index (χ4n) is 0.742. The van der Waals surface area contributed by atoms with Crippen LogP contribution in [0.2, 0.25) is 0 Å². The second-order valence-electron chi connectivity index (χ2n) is 2.21. The van der Waals surface area contributed by atoms with Crippen molar-refractivity contribution in [3.05, 3.63) is 10.5 Å². The molecule has 0 spiro atoms. The van der Waals surface area contributed by atoms with Gasteiger partial charge < -0.3 is 10.6 Å². The molecule has 0 atom stereocenters. The van der Waals surface area contributed by atoms with Gasteiger partial charge in [-0.1, -0.05) is 0 Å². The number of nitrogens with two attached hydrogens (primary N) is 1. The van der Waals surface area contributed by atoms with E-state index in [1.165, 1.54) is 0 Å². The van der Waals surface area contributed by atoms with Crippen LogP contribution in [-0.4, -0.2) is 35.3 Å². The van der Waals surface area contributed by atoms with Gasteiger partial charge in [-0.05, 0) is 0 Å². The SMILES string of the molecule is CN(CCN)c1n[nH]c(=O)[nH]1. The highest BCUT2D eigenvalue weighted by Crippen LogP contribution is 1.95. The predicted molar refractivity (Wildman–Crippen MR) is 41.5 cm³/mol. The molecule has 0 unspecified atom stereocenters. The topological polar surface area (TPSA) is 90.8 Å². The zero-order chi connectivity index (χ0) is 8.27. The molecule has 0 saturated heterocycles. The van der Waals surface area contributed by atoms with E-state index in [1.807, 2.05) is 0 Å². The van der Waals surface area contributed by atoms with Crippen molar-refractivity contribution >= 4 is 5.95 Å². The third-order valence-corrected chi connectivity index (χ3v) is 1.31. The summed E-state index contributed by atoms with van der Waals surface area (Å²) in [4.78, 5) is 14.8. The molecule has 1 aromatic rings. The van der Waals surface area contributed by atoms with E-state index in [0.29, 0.717) is 19.0 Å². The Bertz CT molecular complexity index is 264. The average Bonchev–Trinajstić information content (AvgIpc) is 2.36. The van der Waals surface area contributed by atoms with E-state index in [1.54, 1.807) is 11.9 Å². The van der Waals surface area contributed by atoms with Crippen molar-refractivity contribution in [1.82, 2.24) is 15.2 Å². The van der Waals surface area contributed by atoms with E-state index in [2.05, 4.69) is 15.2 Å². The van der Waals surface area contributed by atoms with E-state index < -0.39 is 0 Å². The summed E-state index contributed by atoms with van der Waals surface area (Å²) in [5, 5.41) is 5.98. The number of hydrogen-bond acceptors (Lipinski definition) is 4. The summed E-state index contributed by atoms with van der Waals surface area (Å²) in [6.07, 6.45) is 0. The van der Waals surface area contributed by atoms with E-state index in [0.717, 1.165) is 0 Å². The third kappa shape index (κ3) is 1.81. The van der Waals surface area contributed by atoms with Crippen LogP contribution in [0, 0.1) is 0 Å². The smallest absolute Gasteiger partial charge is 0.342 e. The van der Waals surface area contributed by atoms with Gasteiger partial charge in [0.05, 0.1) is 0 Å². The maximum Gasteiger partial charge on any atom is 0.342 e. The van der Waals surface area contributed by atoms with Crippen LogP contribution in [0.1, 0.15) is 0 Å². The fraction of sp³-hybridized carbons (Fsp3) is 0.600. The molecule has 0 aliphatic rings. The monoisotopic (exact) mass is 157 g/mol. The number of aromatic nitrogens is 3. The molecule has 0 aromatic carbocycles. The van der Waals surface area contributed by atoms with Gasteiger partial charge in [-0.15, -0.1) is 5.10 Å². The molecular weight excluding hydrogens is 146 g/mol. The second kappa shape index (κ2) is 3.20. The van der Waals surface area contributed by atoms with Gasteiger partial charge in [0.15, 0.2) is 0 Å². The summed E-state index contributed by atoms with van der Waals surface area (Å²) in [7, 11) is 1.80. The Kier molecular flexibility index (Phi) is 2.27. The van der Waals surface area contributed by atoms with Gasteiger partial charge in [0.1, 0.15) is 0 Å². The number of nitrogens with one attached hydrogen (secondary N) is 2. The maximum absolute atomic E-state index is 10.6. The van der Waals surface area contributed by atoms with Crippen molar-refractivity contribution in [2.24, 2.45) is 5.73 Å². The minimum Gasteiger partial charge on any atom is -0.343 e. The molecule has 1 aromatic heterocycles. The van der Waals surface area contributed by atoms with Crippen LogP contribution in [0.25, 0.3) is 0 Å². The van der Waals surface area contributed by atoms with Crippen molar-refractivity contribution in [1.29, 1.82) is 0 Å². The summed E-state index contributed by atoms with van der Waals surface area (Å²) in [6.45, 7) is 1.20. The first kappa shape index (κ1) is 7.80. The number of likely N-dealkylation sites (N-methyl/N-ethyl adjacent to an activating group) is 1. The van der Waals surface area contributed by atoms with Crippen LogP contribution >= 0.6 is 0 Å². The van der Waals surface area contributed by atoms with Crippen molar-refractivity contribution in [3.8, 4) is 0 Å².